The van der Waals surface area contributed by atoms with Gasteiger partial charge in [-0.3, -0.25) is 9.59 Å². The Morgan fingerprint density at radius 2 is 0.768 bits per heavy atom. The van der Waals surface area contributed by atoms with Gasteiger partial charge in [0.2, 0.25) is 0 Å². The molecule has 9 nitrogen and oxygen atoms in total. The van der Waals surface area contributed by atoms with Gasteiger partial charge in [0.1, 0.15) is 13.2 Å². The van der Waals surface area contributed by atoms with E-state index in [0.29, 0.717) is 23.9 Å². The van der Waals surface area contributed by atoms with Crippen LogP contribution in [-0.4, -0.2) is 82.3 Å². The van der Waals surface area contributed by atoms with Gasteiger partial charge in [0.15, 0.2) is 12.4 Å². The Balaban J connectivity index is 3.90. The Labute approximate surface area is 427 Å². The maximum Gasteiger partial charge on any atom is 0.306 e. The highest BCUT2D eigenvalue weighted by atomic mass is 16.7. The van der Waals surface area contributed by atoms with Gasteiger partial charge in [-0.25, -0.2) is 0 Å². The van der Waals surface area contributed by atoms with Crippen LogP contribution in [0.3, 0.4) is 0 Å². The van der Waals surface area contributed by atoms with E-state index in [0.717, 1.165) is 57.8 Å². The van der Waals surface area contributed by atoms with Gasteiger partial charge < -0.3 is 33.3 Å². The molecule has 0 rings (SSSR count). The Morgan fingerprint density at radius 1 is 0.420 bits per heavy atom. The number of carbonyl (C=O) groups is 3. The average Bonchev–Trinajstić information content (AvgIpc) is 3.31. The third kappa shape index (κ3) is 53.7. The van der Waals surface area contributed by atoms with Gasteiger partial charge in [0.05, 0.1) is 40.3 Å². The first-order chi connectivity index (χ1) is 33.6. The van der Waals surface area contributed by atoms with Crippen LogP contribution >= 0.6 is 0 Å². The minimum atomic E-state index is -1.62. The Morgan fingerprint density at radius 3 is 1.13 bits per heavy atom. The summed E-state index contributed by atoms with van der Waals surface area (Å²) in [4.78, 5) is 37.1. The van der Waals surface area contributed by atoms with E-state index in [-0.39, 0.29) is 32.2 Å². The number of rotatable bonds is 56. The number of allylic oxidation sites excluding steroid dienone is 2. The molecule has 0 bridgehead atoms. The van der Waals surface area contributed by atoms with Crippen molar-refractivity contribution in [2.45, 2.75) is 309 Å². The molecule has 0 aliphatic rings. The standard InChI is InChI=1S/C60H115NO8/c1-6-8-10-12-14-16-18-19-20-21-22-23-24-25-26-27-28-29-30-31-32-33-34-35-36-37-38-39-40-41-43-44-46-48-50-57(62)67-54-56(55-68-60(59(64)65)66-53-52-61(3,4)5)69-58(63)51-49-47-45-42-17-15-13-11-9-7-2/h11,13,56,60H,6-10,12,14-55H2,1-5H3/b13-11-. The molecular formula is C60H115NO8. The van der Waals surface area contributed by atoms with Gasteiger partial charge in [-0.05, 0) is 32.1 Å². The second-order valence-corrected chi connectivity index (χ2v) is 21.6. The van der Waals surface area contributed by atoms with E-state index in [1.54, 1.807) is 0 Å². The zero-order valence-electron chi connectivity index (χ0n) is 46.5. The SMILES string of the molecule is CCC/C=C\CCCCCCCC(=O)OC(COC(=O)CCCCCCCCCCCCCCCCCCCCCCCCCCCCCCCCCCCC)COC(OCC[N+](C)(C)C)C(=O)[O-]. The zero-order valence-corrected chi connectivity index (χ0v) is 46.5. The second-order valence-electron chi connectivity index (χ2n) is 21.6. The monoisotopic (exact) mass is 978 g/mol. The van der Waals surface area contributed by atoms with Crippen molar-refractivity contribution in [2.24, 2.45) is 0 Å². The molecule has 9 heteroatoms. The van der Waals surface area contributed by atoms with Gasteiger partial charge in [-0.2, -0.15) is 0 Å². The quantitative estimate of drug-likeness (QED) is 0.0195. The maximum absolute atomic E-state index is 12.7. The summed E-state index contributed by atoms with van der Waals surface area (Å²) in [5, 5.41) is 11.7. The molecule has 0 aromatic rings. The van der Waals surface area contributed by atoms with Crippen molar-refractivity contribution in [3.63, 3.8) is 0 Å². The lowest BCUT2D eigenvalue weighted by molar-refractivity contribution is -0.870. The van der Waals surface area contributed by atoms with Crippen LogP contribution in [0.5, 0.6) is 0 Å². The van der Waals surface area contributed by atoms with Crippen LogP contribution in [0, 0.1) is 0 Å². The predicted molar refractivity (Wildman–Crippen MR) is 288 cm³/mol. The van der Waals surface area contributed by atoms with E-state index < -0.39 is 24.3 Å². The highest BCUT2D eigenvalue weighted by Gasteiger charge is 2.22. The van der Waals surface area contributed by atoms with Crippen LogP contribution in [0.2, 0.25) is 0 Å². The fourth-order valence-corrected chi connectivity index (χ4v) is 8.90. The number of carboxylic acid groups (broad SMARTS) is 1. The first-order valence-electron chi connectivity index (χ1n) is 29.8. The first-order valence-corrected chi connectivity index (χ1v) is 29.8. The first kappa shape index (κ1) is 67.0. The minimum absolute atomic E-state index is 0.149. The lowest BCUT2D eigenvalue weighted by Gasteiger charge is -2.26. The molecule has 0 aromatic heterocycles. The fourth-order valence-electron chi connectivity index (χ4n) is 8.90. The molecule has 0 radical (unpaired) electrons. The lowest BCUT2D eigenvalue weighted by Crippen LogP contribution is -2.44. The van der Waals surface area contributed by atoms with Gasteiger partial charge in [0.25, 0.3) is 0 Å². The molecule has 0 N–H and O–H groups in total. The number of hydrogen-bond acceptors (Lipinski definition) is 8. The van der Waals surface area contributed by atoms with Crippen molar-refractivity contribution in [3.05, 3.63) is 12.2 Å². The maximum atomic E-state index is 12.7. The number of esters is 2. The highest BCUT2D eigenvalue weighted by Crippen LogP contribution is 2.18. The van der Waals surface area contributed by atoms with Crippen molar-refractivity contribution >= 4 is 17.9 Å². The molecule has 0 amide bonds. The van der Waals surface area contributed by atoms with Crippen LogP contribution in [0.15, 0.2) is 12.2 Å². The summed E-state index contributed by atoms with van der Waals surface area (Å²) in [6.45, 7) is 4.71. The molecule has 0 saturated carbocycles. The molecule has 0 heterocycles. The van der Waals surface area contributed by atoms with Crippen molar-refractivity contribution < 1.29 is 42.9 Å². The second kappa shape index (κ2) is 52.4. The van der Waals surface area contributed by atoms with Gasteiger partial charge in [-0.15, -0.1) is 0 Å². The number of aliphatic carboxylic acids is 1. The third-order valence-electron chi connectivity index (χ3n) is 13.5. The molecule has 0 spiro atoms. The smallest absolute Gasteiger partial charge is 0.306 e. The molecule has 0 aliphatic carbocycles. The van der Waals surface area contributed by atoms with Crippen LogP contribution < -0.4 is 5.11 Å². The van der Waals surface area contributed by atoms with E-state index in [9.17, 15) is 19.5 Å². The van der Waals surface area contributed by atoms with Gasteiger partial charge in [0, 0.05) is 12.8 Å². The molecule has 0 fully saturated rings. The largest absolute Gasteiger partial charge is 0.545 e. The van der Waals surface area contributed by atoms with E-state index in [4.69, 9.17) is 18.9 Å². The zero-order chi connectivity index (χ0) is 50.6. The van der Waals surface area contributed by atoms with Crippen LogP contribution in [0.25, 0.3) is 0 Å². The topological polar surface area (TPSA) is 111 Å². The third-order valence-corrected chi connectivity index (χ3v) is 13.5. The molecule has 0 aliphatic heterocycles. The molecule has 69 heavy (non-hydrogen) atoms. The number of carbonyl (C=O) groups excluding carboxylic acids is 3. The van der Waals surface area contributed by atoms with Crippen LogP contribution in [0.4, 0.5) is 0 Å². The number of likely N-dealkylation sites (N-methyl/N-ethyl adjacent to an activating group) is 1. The van der Waals surface area contributed by atoms with E-state index >= 15 is 0 Å². The van der Waals surface area contributed by atoms with E-state index in [1.807, 2.05) is 21.1 Å². The Hall–Kier alpha value is -1.97. The number of ether oxygens (including phenoxy) is 4. The summed E-state index contributed by atoms with van der Waals surface area (Å²) in [6.07, 6.45) is 57.4. The summed E-state index contributed by atoms with van der Waals surface area (Å²) < 4.78 is 22.6. The van der Waals surface area contributed by atoms with E-state index in [1.165, 1.54) is 205 Å². The normalized spacial score (nSPS) is 12.8. The average molecular weight is 979 g/mol. The van der Waals surface area contributed by atoms with Crippen molar-refractivity contribution in [2.75, 3.05) is 47.5 Å². The van der Waals surface area contributed by atoms with Crippen molar-refractivity contribution in [3.8, 4) is 0 Å². The van der Waals surface area contributed by atoms with Gasteiger partial charge >= 0.3 is 11.9 Å². The number of quaternary nitrogens is 1. The Bertz CT molecular complexity index is 1140. The molecular weight excluding hydrogens is 863 g/mol. The molecule has 2 unspecified atom stereocenters. The number of hydrogen-bond donors (Lipinski definition) is 0. The summed E-state index contributed by atoms with van der Waals surface area (Å²) in [6, 6.07) is 0. The molecule has 408 valence electrons. The number of unbranched alkanes of at least 4 members (excludes halogenated alkanes) is 39. The molecule has 0 saturated heterocycles. The summed E-state index contributed by atoms with van der Waals surface area (Å²) >= 11 is 0. The number of nitrogens with zero attached hydrogens (tertiary/aromatic N) is 1. The molecule has 2 atom stereocenters. The fraction of sp³-hybridized carbons (Fsp3) is 0.917. The number of carboxylic acids is 1. The van der Waals surface area contributed by atoms with E-state index in [2.05, 4.69) is 26.0 Å². The van der Waals surface area contributed by atoms with Crippen molar-refractivity contribution in [1.82, 2.24) is 0 Å². The Kier molecular flexibility index (Phi) is 50.9. The van der Waals surface area contributed by atoms with Gasteiger partial charge in [-0.1, -0.05) is 264 Å². The summed E-state index contributed by atoms with van der Waals surface area (Å²) in [5.74, 6) is -2.28. The highest BCUT2D eigenvalue weighted by molar-refractivity contribution is 5.70. The van der Waals surface area contributed by atoms with Crippen LogP contribution in [-0.2, 0) is 33.3 Å². The predicted octanol–water partition coefficient (Wildman–Crippen LogP) is 16.0. The van der Waals surface area contributed by atoms with Crippen LogP contribution in [0.1, 0.15) is 296 Å². The van der Waals surface area contributed by atoms with Crippen molar-refractivity contribution in [1.29, 1.82) is 0 Å². The summed E-state index contributed by atoms with van der Waals surface area (Å²) in [5.41, 5.74) is 0. The molecule has 0 aromatic carbocycles. The summed E-state index contributed by atoms with van der Waals surface area (Å²) in [7, 11) is 5.92. The lowest BCUT2D eigenvalue weighted by atomic mass is 10.0. The minimum Gasteiger partial charge on any atom is -0.545 e.